The van der Waals surface area contributed by atoms with Crippen molar-refractivity contribution in [2.75, 3.05) is 18.0 Å². The topological polar surface area (TPSA) is 46.3 Å². The smallest absolute Gasteiger partial charge is 0.255 e. The van der Waals surface area contributed by atoms with Crippen LogP contribution in [0.2, 0.25) is 5.15 Å². The Morgan fingerprint density at radius 3 is 3.06 bits per heavy atom. The van der Waals surface area contributed by atoms with Gasteiger partial charge in [0.2, 0.25) is 0 Å². The van der Waals surface area contributed by atoms with Crippen LogP contribution in [-0.4, -0.2) is 32.7 Å². The standard InChI is InChI=1S/C12H16ClN5/c1-2-5-17(7-9-3-4-9)11-6-10(13)16-12-14-8-15-18(11)12/h6,8-9H,2-5,7H2,1H3. The van der Waals surface area contributed by atoms with Crippen LogP contribution in [0.25, 0.3) is 5.78 Å². The number of nitrogens with zero attached hydrogens (tertiary/aromatic N) is 5. The van der Waals surface area contributed by atoms with Crippen molar-refractivity contribution in [1.29, 1.82) is 0 Å². The summed E-state index contributed by atoms with van der Waals surface area (Å²) in [6.07, 6.45) is 5.28. The fourth-order valence-corrected chi connectivity index (χ4v) is 2.35. The van der Waals surface area contributed by atoms with Crippen molar-refractivity contribution >= 4 is 23.2 Å². The number of fused-ring (bicyclic) bond motifs is 1. The molecule has 0 radical (unpaired) electrons. The lowest BCUT2D eigenvalue weighted by atomic mass is 10.3. The molecule has 0 unspecified atom stereocenters. The van der Waals surface area contributed by atoms with Gasteiger partial charge in [-0.2, -0.15) is 19.6 Å². The van der Waals surface area contributed by atoms with Crippen LogP contribution in [0.4, 0.5) is 5.82 Å². The van der Waals surface area contributed by atoms with Gasteiger partial charge in [-0.25, -0.2) is 0 Å². The molecule has 96 valence electrons. The van der Waals surface area contributed by atoms with E-state index in [1.807, 2.05) is 6.07 Å². The van der Waals surface area contributed by atoms with E-state index in [-0.39, 0.29) is 0 Å². The molecule has 5 nitrogen and oxygen atoms in total. The minimum Gasteiger partial charge on any atom is -0.356 e. The molecule has 1 aliphatic rings. The van der Waals surface area contributed by atoms with Gasteiger partial charge in [0.1, 0.15) is 17.3 Å². The van der Waals surface area contributed by atoms with Crippen LogP contribution < -0.4 is 4.90 Å². The highest BCUT2D eigenvalue weighted by Crippen LogP contribution is 2.31. The Kier molecular flexibility index (Phi) is 3.07. The number of halogens is 1. The van der Waals surface area contributed by atoms with Crippen molar-refractivity contribution in [3.63, 3.8) is 0 Å². The largest absolute Gasteiger partial charge is 0.356 e. The minimum atomic E-state index is 0.474. The molecule has 1 aliphatic carbocycles. The second-order valence-corrected chi connectivity index (χ2v) is 5.19. The molecule has 0 aromatic carbocycles. The van der Waals surface area contributed by atoms with Gasteiger partial charge in [-0.15, -0.1) is 0 Å². The van der Waals surface area contributed by atoms with Gasteiger partial charge in [0, 0.05) is 19.2 Å². The Bertz CT molecular complexity index is 548. The molecule has 0 atom stereocenters. The van der Waals surface area contributed by atoms with E-state index in [2.05, 4.69) is 26.9 Å². The van der Waals surface area contributed by atoms with Crippen molar-refractivity contribution in [2.24, 2.45) is 5.92 Å². The van der Waals surface area contributed by atoms with E-state index < -0.39 is 0 Å². The Hall–Kier alpha value is -1.36. The van der Waals surface area contributed by atoms with Crippen molar-refractivity contribution in [3.05, 3.63) is 17.5 Å². The summed E-state index contributed by atoms with van der Waals surface area (Å²) in [5.74, 6) is 2.38. The van der Waals surface area contributed by atoms with Crippen LogP contribution in [0.3, 0.4) is 0 Å². The normalized spacial score (nSPS) is 15.2. The predicted octanol–water partition coefficient (Wildman–Crippen LogP) is 2.40. The first-order valence-corrected chi connectivity index (χ1v) is 6.77. The van der Waals surface area contributed by atoms with E-state index in [1.165, 1.54) is 19.2 Å². The summed E-state index contributed by atoms with van der Waals surface area (Å²) in [5, 5.41) is 4.71. The molecular weight excluding hydrogens is 250 g/mol. The van der Waals surface area contributed by atoms with Gasteiger partial charge in [-0.3, -0.25) is 0 Å². The number of aromatic nitrogens is 4. The molecule has 0 aliphatic heterocycles. The van der Waals surface area contributed by atoms with Gasteiger partial charge in [0.25, 0.3) is 5.78 Å². The predicted molar refractivity (Wildman–Crippen MR) is 71.0 cm³/mol. The van der Waals surface area contributed by atoms with Crippen LogP contribution in [-0.2, 0) is 0 Å². The monoisotopic (exact) mass is 265 g/mol. The third kappa shape index (κ3) is 2.27. The summed E-state index contributed by atoms with van der Waals surface area (Å²) < 4.78 is 1.77. The molecule has 0 spiro atoms. The van der Waals surface area contributed by atoms with Gasteiger partial charge >= 0.3 is 0 Å². The second-order valence-electron chi connectivity index (χ2n) is 4.80. The summed E-state index contributed by atoms with van der Waals surface area (Å²) in [4.78, 5) is 10.6. The highest BCUT2D eigenvalue weighted by Gasteiger charge is 2.25. The first kappa shape index (κ1) is 11.7. The summed E-state index contributed by atoms with van der Waals surface area (Å²) in [6.45, 7) is 4.26. The van der Waals surface area contributed by atoms with Gasteiger partial charge in [-0.05, 0) is 25.2 Å². The third-order valence-electron chi connectivity index (χ3n) is 3.19. The Balaban J connectivity index is 2.00. The Morgan fingerprint density at radius 2 is 2.33 bits per heavy atom. The van der Waals surface area contributed by atoms with E-state index in [4.69, 9.17) is 11.6 Å². The van der Waals surface area contributed by atoms with E-state index in [0.717, 1.165) is 31.2 Å². The lowest BCUT2D eigenvalue weighted by molar-refractivity contribution is 0.685. The molecule has 1 fully saturated rings. The number of hydrogen-bond donors (Lipinski definition) is 0. The zero-order valence-electron chi connectivity index (χ0n) is 10.4. The Labute approximate surface area is 111 Å². The average molecular weight is 266 g/mol. The van der Waals surface area contributed by atoms with Gasteiger partial charge < -0.3 is 4.90 Å². The average Bonchev–Trinajstić information content (AvgIpc) is 3.03. The van der Waals surface area contributed by atoms with Crippen molar-refractivity contribution in [2.45, 2.75) is 26.2 Å². The number of anilines is 1. The Morgan fingerprint density at radius 1 is 1.50 bits per heavy atom. The van der Waals surface area contributed by atoms with E-state index in [1.54, 1.807) is 4.52 Å². The highest BCUT2D eigenvalue weighted by atomic mass is 35.5. The van der Waals surface area contributed by atoms with Crippen molar-refractivity contribution in [3.8, 4) is 0 Å². The van der Waals surface area contributed by atoms with Crippen LogP contribution in [0.15, 0.2) is 12.4 Å². The maximum absolute atomic E-state index is 6.06. The molecular formula is C12H16ClN5. The molecule has 0 saturated heterocycles. The molecule has 3 rings (SSSR count). The SMILES string of the molecule is CCCN(CC1CC1)c1cc(Cl)nc2ncnn12. The van der Waals surface area contributed by atoms with Crippen molar-refractivity contribution < 1.29 is 0 Å². The first-order chi connectivity index (χ1) is 8.78. The fraction of sp³-hybridized carbons (Fsp3) is 0.583. The van der Waals surface area contributed by atoms with Crippen LogP contribution >= 0.6 is 11.6 Å². The maximum Gasteiger partial charge on any atom is 0.255 e. The second kappa shape index (κ2) is 4.72. The molecule has 18 heavy (non-hydrogen) atoms. The zero-order valence-corrected chi connectivity index (χ0v) is 11.1. The maximum atomic E-state index is 6.06. The van der Waals surface area contributed by atoms with E-state index in [0.29, 0.717) is 10.9 Å². The van der Waals surface area contributed by atoms with Gasteiger partial charge in [-0.1, -0.05) is 18.5 Å². The molecule has 0 N–H and O–H groups in total. The quantitative estimate of drug-likeness (QED) is 0.779. The summed E-state index contributed by atoms with van der Waals surface area (Å²) in [5.41, 5.74) is 0. The molecule has 0 amide bonds. The van der Waals surface area contributed by atoms with E-state index >= 15 is 0 Å². The summed E-state index contributed by atoms with van der Waals surface area (Å²) in [7, 11) is 0. The third-order valence-corrected chi connectivity index (χ3v) is 3.39. The molecule has 0 bridgehead atoms. The molecule has 2 heterocycles. The number of hydrogen-bond acceptors (Lipinski definition) is 4. The summed E-state index contributed by atoms with van der Waals surface area (Å²) >= 11 is 6.06. The van der Waals surface area contributed by atoms with Crippen LogP contribution in [0, 0.1) is 5.92 Å². The molecule has 1 saturated carbocycles. The molecule has 2 aromatic heterocycles. The fourth-order valence-electron chi connectivity index (χ4n) is 2.18. The lowest BCUT2D eigenvalue weighted by Gasteiger charge is -2.24. The number of rotatable bonds is 5. The van der Waals surface area contributed by atoms with Gasteiger partial charge in [0.15, 0.2) is 0 Å². The van der Waals surface area contributed by atoms with E-state index in [9.17, 15) is 0 Å². The molecule has 2 aromatic rings. The molecule has 6 heteroatoms. The zero-order chi connectivity index (χ0) is 12.5. The lowest BCUT2D eigenvalue weighted by Crippen LogP contribution is -2.28. The summed E-state index contributed by atoms with van der Waals surface area (Å²) in [6, 6.07) is 1.88. The van der Waals surface area contributed by atoms with Crippen LogP contribution in [0.1, 0.15) is 26.2 Å². The van der Waals surface area contributed by atoms with Gasteiger partial charge in [0.05, 0.1) is 0 Å². The first-order valence-electron chi connectivity index (χ1n) is 6.39. The minimum absolute atomic E-state index is 0.474. The van der Waals surface area contributed by atoms with Crippen molar-refractivity contribution in [1.82, 2.24) is 19.6 Å². The van der Waals surface area contributed by atoms with Crippen LogP contribution in [0.5, 0.6) is 0 Å². The highest BCUT2D eigenvalue weighted by molar-refractivity contribution is 6.29.